The summed E-state index contributed by atoms with van der Waals surface area (Å²) in [5.41, 5.74) is 0.0248. The van der Waals surface area contributed by atoms with Crippen molar-refractivity contribution in [3.63, 3.8) is 0 Å². The highest BCUT2D eigenvalue weighted by atomic mass is 16.4. The van der Waals surface area contributed by atoms with Crippen LogP contribution in [0.5, 0.6) is 0 Å². The summed E-state index contributed by atoms with van der Waals surface area (Å²) in [6, 6.07) is 0.987. The van der Waals surface area contributed by atoms with Gasteiger partial charge in [-0.15, -0.1) is 0 Å². The van der Waals surface area contributed by atoms with Crippen LogP contribution in [-0.2, 0) is 0 Å². The molecule has 1 saturated heterocycles. The van der Waals surface area contributed by atoms with Crippen molar-refractivity contribution in [3.05, 3.63) is 17.5 Å². The molecule has 0 amide bonds. The number of carbonyl (C=O) groups excluding carboxylic acids is 1. The van der Waals surface area contributed by atoms with Crippen LogP contribution in [0.25, 0.3) is 0 Å². The molecule has 6 nitrogen and oxygen atoms in total. The van der Waals surface area contributed by atoms with Crippen molar-refractivity contribution in [1.29, 1.82) is 0 Å². The normalized spacial score (nSPS) is 21.5. The van der Waals surface area contributed by atoms with Gasteiger partial charge in [0.05, 0.1) is 11.6 Å². The lowest BCUT2D eigenvalue weighted by atomic mass is 10.1. The second kappa shape index (κ2) is 4.77. The van der Waals surface area contributed by atoms with Gasteiger partial charge in [-0.2, -0.15) is 5.10 Å². The fraction of sp³-hybridized carbons (Fsp3) is 0.615. The molecule has 1 saturated carbocycles. The van der Waals surface area contributed by atoms with Crippen LogP contribution >= 0.6 is 0 Å². The molecular weight excluding hydrogens is 246 g/mol. The molecule has 2 heterocycles. The van der Waals surface area contributed by atoms with Crippen molar-refractivity contribution in [2.24, 2.45) is 0 Å². The van der Waals surface area contributed by atoms with Crippen molar-refractivity contribution in [1.82, 2.24) is 14.7 Å². The average Bonchev–Trinajstić information content (AvgIpc) is 3.17. The molecule has 3 rings (SSSR count). The summed E-state index contributed by atoms with van der Waals surface area (Å²) in [6.45, 7) is 2.07. The zero-order valence-electron chi connectivity index (χ0n) is 10.7. The van der Waals surface area contributed by atoms with Gasteiger partial charge in [-0.05, 0) is 25.7 Å². The van der Waals surface area contributed by atoms with Crippen LogP contribution in [0.1, 0.15) is 52.6 Å². The molecule has 0 unspecified atom stereocenters. The summed E-state index contributed by atoms with van der Waals surface area (Å²) in [6.07, 6.45) is 6.68. The maximum Gasteiger partial charge on any atom is 0.357 e. The lowest BCUT2D eigenvalue weighted by Gasteiger charge is -2.32. The highest BCUT2D eigenvalue weighted by Crippen LogP contribution is 2.32. The minimum Gasteiger partial charge on any atom is -0.476 e. The molecule has 1 aromatic heterocycles. The van der Waals surface area contributed by atoms with Crippen LogP contribution < -0.4 is 0 Å². The molecule has 0 atom stereocenters. The summed E-state index contributed by atoms with van der Waals surface area (Å²) < 4.78 is 1.66. The molecule has 2 fully saturated rings. The Balaban J connectivity index is 1.72. The second-order valence-corrected chi connectivity index (χ2v) is 5.33. The van der Waals surface area contributed by atoms with Crippen LogP contribution in [0.4, 0.5) is 0 Å². The van der Waals surface area contributed by atoms with Crippen LogP contribution in [0.15, 0.2) is 6.20 Å². The largest absolute Gasteiger partial charge is 0.476 e. The Bertz CT molecular complexity index is 499. The summed E-state index contributed by atoms with van der Waals surface area (Å²) in [4.78, 5) is 24.3. The zero-order chi connectivity index (χ0) is 13.4. The Morgan fingerprint density at radius 1 is 1.26 bits per heavy atom. The number of aromatic carboxylic acids is 1. The SMILES string of the molecule is O=Cc1cn(C2CCN(C3CC3)CC2)nc1C(=O)O. The minimum absolute atomic E-state index is 0.139. The first kappa shape index (κ1) is 12.3. The Labute approximate surface area is 111 Å². The van der Waals surface area contributed by atoms with Gasteiger partial charge in [0.1, 0.15) is 0 Å². The number of hydrogen-bond acceptors (Lipinski definition) is 4. The van der Waals surface area contributed by atoms with Gasteiger partial charge in [0.25, 0.3) is 0 Å². The minimum atomic E-state index is -1.14. The number of aromatic nitrogens is 2. The molecule has 1 N–H and O–H groups in total. The molecule has 0 spiro atoms. The molecular formula is C13H17N3O3. The molecule has 19 heavy (non-hydrogen) atoms. The van der Waals surface area contributed by atoms with E-state index in [0.29, 0.717) is 6.29 Å². The van der Waals surface area contributed by atoms with E-state index in [-0.39, 0.29) is 17.3 Å². The number of rotatable bonds is 4. The second-order valence-electron chi connectivity index (χ2n) is 5.33. The van der Waals surface area contributed by atoms with Crippen LogP contribution in [0.2, 0.25) is 0 Å². The third-order valence-corrected chi connectivity index (χ3v) is 4.03. The fourth-order valence-corrected chi connectivity index (χ4v) is 2.80. The number of aldehydes is 1. The summed E-state index contributed by atoms with van der Waals surface area (Å²) >= 11 is 0. The van der Waals surface area contributed by atoms with E-state index in [9.17, 15) is 9.59 Å². The smallest absolute Gasteiger partial charge is 0.357 e. The van der Waals surface area contributed by atoms with E-state index in [2.05, 4.69) is 10.00 Å². The topological polar surface area (TPSA) is 75.4 Å². The third kappa shape index (κ3) is 2.40. The maximum absolute atomic E-state index is 11.0. The Morgan fingerprint density at radius 2 is 1.95 bits per heavy atom. The number of carbonyl (C=O) groups is 2. The third-order valence-electron chi connectivity index (χ3n) is 4.03. The van der Waals surface area contributed by atoms with Crippen molar-refractivity contribution < 1.29 is 14.7 Å². The number of hydrogen-bond donors (Lipinski definition) is 1. The van der Waals surface area contributed by atoms with Crippen LogP contribution in [0.3, 0.4) is 0 Å². The van der Waals surface area contributed by atoms with Gasteiger partial charge in [-0.1, -0.05) is 0 Å². The predicted molar refractivity (Wildman–Crippen MR) is 67.4 cm³/mol. The highest BCUT2D eigenvalue weighted by Gasteiger charge is 2.32. The van der Waals surface area contributed by atoms with E-state index < -0.39 is 5.97 Å². The number of nitrogens with zero attached hydrogens (tertiary/aromatic N) is 3. The van der Waals surface area contributed by atoms with Crippen molar-refractivity contribution >= 4 is 12.3 Å². The Morgan fingerprint density at radius 3 is 2.42 bits per heavy atom. The van der Waals surface area contributed by atoms with E-state index in [1.54, 1.807) is 10.9 Å². The summed E-state index contributed by atoms with van der Waals surface area (Å²) in [5, 5.41) is 13.0. The van der Waals surface area contributed by atoms with Gasteiger partial charge in [-0.3, -0.25) is 9.48 Å². The molecule has 0 bridgehead atoms. The molecule has 102 valence electrons. The summed E-state index contributed by atoms with van der Waals surface area (Å²) in [5.74, 6) is -1.14. The average molecular weight is 263 g/mol. The van der Waals surface area contributed by atoms with E-state index >= 15 is 0 Å². The van der Waals surface area contributed by atoms with Gasteiger partial charge in [-0.25, -0.2) is 4.79 Å². The number of carboxylic acid groups (broad SMARTS) is 1. The number of carboxylic acids is 1. The molecule has 1 aliphatic carbocycles. The van der Waals surface area contributed by atoms with Gasteiger partial charge >= 0.3 is 5.97 Å². The molecule has 1 aromatic rings. The Kier molecular flexibility index (Phi) is 3.10. The van der Waals surface area contributed by atoms with Crippen molar-refractivity contribution in [2.75, 3.05) is 13.1 Å². The quantitative estimate of drug-likeness (QED) is 0.826. The number of piperidine rings is 1. The van der Waals surface area contributed by atoms with Crippen molar-refractivity contribution in [3.8, 4) is 0 Å². The maximum atomic E-state index is 11.0. The fourth-order valence-electron chi connectivity index (χ4n) is 2.80. The molecule has 6 heteroatoms. The Hall–Kier alpha value is -1.69. The van der Waals surface area contributed by atoms with Gasteiger partial charge < -0.3 is 10.0 Å². The van der Waals surface area contributed by atoms with E-state index in [4.69, 9.17) is 5.11 Å². The number of likely N-dealkylation sites (tertiary alicyclic amines) is 1. The van der Waals surface area contributed by atoms with E-state index in [0.717, 1.165) is 32.0 Å². The molecule has 0 aromatic carbocycles. The molecule has 1 aliphatic heterocycles. The van der Waals surface area contributed by atoms with Crippen LogP contribution in [-0.4, -0.2) is 51.2 Å². The van der Waals surface area contributed by atoms with E-state index in [1.165, 1.54) is 12.8 Å². The first-order chi connectivity index (χ1) is 9.19. The lowest BCUT2D eigenvalue weighted by Crippen LogP contribution is -2.36. The standard InChI is InChI=1S/C13H17N3O3/c17-8-9-7-16(14-12(9)13(18)19)11-3-5-15(6-4-11)10-1-2-10/h7-8,10-11H,1-6H2,(H,18,19). The first-order valence-electron chi connectivity index (χ1n) is 6.70. The zero-order valence-corrected chi connectivity index (χ0v) is 10.7. The van der Waals surface area contributed by atoms with Crippen LogP contribution in [0, 0.1) is 0 Å². The highest BCUT2D eigenvalue weighted by molar-refractivity contribution is 5.95. The lowest BCUT2D eigenvalue weighted by molar-refractivity contribution is 0.0685. The monoisotopic (exact) mass is 263 g/mol. The molecule has 0 radical (unpaired) electrons. The van der Waals surface area contributed by atoms with Gasteiger partial charge in [0.15, 0.2) is 12.0 Å². The summed E-state index contributed by atoms with van der Waals surface area (Å²) in [7, 11) is 0. The van der Waals surface area contributed by atoms with Gasteiger partial charge in [0, 0.05) is 25.3 Å². The first-order valence-corrected chi connectivity index (χ1v) is 6.70. The van der Waals surface area contributed by atoms with Gasteiger partial charge in [0.2, 0.25) is 0 Å². The van der Waals surface area contributed by atoms with Crippen molar-refractivity contribution in [2.45, 2.75) is 37.8 Å². The predicted octanol–water partition coefficient (Wildman–Crippen LogP) is 1.19. The van der Waals surface area contributed by atoms with E-state index in [1.807, 2.05) is 0 Å². The molecule has 2 aliphatic rings.